The lowest BCUT2D eigenvalue weighted by molar-refractivity contribution is 0.0594. The number of likely N-dealkylation sites (N-methyl/N-ethyl adjacent to an activating group) is 1. The Morgan fingerprint density at radius 2 is 1.88 bits per heavy atom. The third-order valence-corrected chi connectivity index (χ3v) is 3.88. The number of carbonyl (C=O) groups is 1. The van der Waals surface area contributed by atoms with Gasteiger partial charge in [-0.3, -0.25) is 0 Å². The van der Waals surface area contributed by atoms with Crippen molar-refractivity contribution in [2.45, 2.75) is 26.4 Å². The fourth-order valence-corrected chi connectivity index (χ4v) is 2.51. The number of para-hydroxylation sites is 1. The van der Waals surface area contributed by atoms with Crippen LogP contribution in [0, 0.1) is 0 Å². The van der Waals surface area contributed by atoms with Gasteiger partial charge in [-0.1, -0.05) is 42.8 Å². The number of anilines is 1. The third kappa shape index (κ3) is 5.46. The van der Waals surface area contributed by atoms with Crippen LogP contribution in [0.5, 0.6) is 5.75 Å². The van der Waals surface area contributed by atoms with Crippen LogP contribution in [0.3, 0.4) is 0 Å². The van der Waals surface area contributed by atoms with Crippen molar-refractivity contribution < 1.29 is 14.3 Å². The molecule has 0 aliphatic carbocycles. The van der Waals surface area contributed by atoms with Gasteiger partial charge in [0.2, 0.25) is 0 Å². The number of benzene rings is 2. The Morgan fingerprint density at radius 3 is 2.50 bits per heavy atom. The summed E-state index contributed by atoms with van der Waals surface area (Å²) in [5.41, 5.74) is 1.00. The van der Waals surface area contributed by atoms with E-state index in [1.54, 1.807) is 24.3 Å². The minimum atomic E-state index is -0.685. The summed E-state index contributed by atoms with van der Waals surface area (Å²) in [6.45, 7) is 5.40. The van der Waals surface area contributed by atoms with E-state index in [2.05, 4.69) is 11.8 Å². The summed E-state index contributed by atoms with van der Waals surface area (Å²) in [5.74, 6) is 0.472. The summed E-state index contributed by atoms with van der Waals surface area (Å²) in [5, 5.41) is 0.684. The van der Waals surface area contributed by atoms with E-state index in [0.717, 1.165) is 12.2 Å². The van der Waals surface area contributed by atoms with Gasteiger partial charge in [-0.2, -0.15) is 0 Å². The molecule has 0 heterocycles. The summed E-state index contributed by atoms with van der Waals surface area (Å²) in [6.07, 6.45) is -0.253. The van der Waals surface area contributed by atoms with Gasteiger partial charge in [-0.05, 0) is 43.7 Å². The molecule has 24 heavy (non-hydrogen) atoms. The number of carbonyl (C=O) groups excluding carboxylic acids is 1. The van der Waals surface area contributed by atoms with Crippen LogP contribution in [0.1, 0.15) is 20.3 Å². The molecule has 0 spiro atoms. The summed E-state index contributed by atoms with van der Waals surface area (Å²) in [4.78, 5) is 14.1. The molecule has 0 fully saturated rings. The molecule has 0 saturated carbocycles. The number of rotatable bonds is 7. The molecule has 128 valence electrons. The van der Waals surface area contributed by atoms with Crippen LogP contribution in [0.15, 0.2) is 54.6 Å². The van der Waals surface area contributed by atoms with Crippen molar-refractivity contribution >= 4 is 23.4 Å². The van der Waals surface area contributed by atoms with Crippen LogP contribution in [0.4, 0.5) is 10.5 Å². The van der Waals surface area contributed by atoms with Crippen LogP contribution < -0.4 is 9.64 Å². The first-order valence-corrected chi connectivity index (χ1v) is 8.44. The Labute approximate surface area is 147 Å². The molecular formula is C19H22ClNO3. The van der Waals surface area contributed by atoms with Crippen molar-refractivity contribution in [3.8, 4) is 5.75 Å². The first-order valence-electron chi connectivity index (χ1n) is 8.06. The van der Waals surface area contributed by atoms with Gasteiger partial charge in [0.15, 0.2) is 0 Å². The molecule has 5 heteroatoms. The molecule has 2 aromatic carbocycles. The van der Waals surface area contributed by atoms with E-state index in [-0.39, 0.29) is 6.10 Å². The maximum Gasteiger partial charge on any atom is 0.514 e. The molecule has 0 bridgehead atoms. The Bertz CT molecular complexity index is 648. The molecule has 2 rings (SSSR count). The predicted octanol–water partition coefficient (Wildman–Crippen LogP) is 5.16. The molecule has 0 aliphatic rings. The lowest BCUT2D eigenvalue weighted by Gasteiger charge is -2.27. The third-order valence-electron chi connectivity index (χ3n) is 3.64. The van der Waals surface area contributed by atoms with Gasteiger partial charge in [0.25, 0.3) is 0 Å². The monoisotopic (exact) mass is 347 g/mol. The average molecular weight is 348 g/mol. The second-order valence-corrected chi connectivity index (χ2v) is 5.77. The van der Waals surface area contributed by atoms with E-state index in [1.807, 2.05) is 37.3 Å². The lowest BCUT2D eigenvalue weighted by atomic mass is 10.2. The van der Waals surface area contributed by atoms with Crippen LogP contribution in [-0.4, -0.2) is 25.3 Å². The molecule has 0 N–H and O–H groups in total. The van der Waals surface area contributed by atoms with Crippen molar-refractivity contribution in [2.75, 3.05) is 18.0 Å². The molecule has 0 saturated heterocycles. The predicted molar refractivity (Wildman–Crippen MR) is 97.0 cm³/mol. The van der Waals surface area contributed by atoms with E-state index >= 15 is 0 Å². The Balaban J connectivity index is 1.96. The minimum absolute atomic E-state index is 0.264. The average Bonchev–Trinajstić information content (AvgIpc) is 2.59. The highest BCUT2D eigenvalue weighted by Crippen LogP contribution is 2.20. The zero-order valence-corrected chi connectivity index (χ0v) is 14.7. The first kappa shape index (κ1) is 18.1. The number of hydrogen-bond acceptors (Lipinski definition) is 4. The van der Waals surface area contributed by atoms with Crippen molar-refractivity contribution in [3.05, 3.63) is 59.6 Å². The highest BCUT2D eigenvalue weighted by molar-refractivity contribution is 6.30. The SMILES string of the molecule is CCC(CN(CC)c1cccc(Cl)c1)OC(=O)Oc1ccccc1. The topological polar surface area (TPSA) is 38.8 Å². The Hall–Kier alpha value is -2.20. The van der Waals surface area contributed by atoms with Crippen LogP contribution in [0.2, 0.25) is 5.02 Å². The van der Waals surface area contributed by atoms with Gasteiger partial charge < -0.3 is 14.4 Å². The summed E-state index contributed by atoms with van der Waals surface area (Å²) in [6, 6.07) is 16.5. The molecule has 0 amide bonds. The molecule has 0 aromatic heterocycles. The molecule has 0 radical (unpaired) electrons. The summed E-state index contributed by atoms with van der Waals surface area (Å²) in [7, 11) is 0. The highest BCUT2D eigenvalue weighted by Gasteiger charge is 2.18. The fraction of sp³-hybridized carbons (Fsp3) is 0.316. The Kier molecular flexibility index (Phi) is 6.94. The quantitative estimate of drug-likeness (QED) is 0.512. The lowest BCUT2D eigenvalue weighted by Crippen LogP contribution is -2.35. The van der Waals surface area contributed by atoms with E-state index in [0.29, 0.717) is 23.7 Å². The van der Waals surface area contributed by atoms with E-state index in [4.69, 9.17) is 21.1 Å². The van der Waals surface area contributed by atoms with Gasteiger partial charge in [-0.15, -0.1) is 0 Å². The number of nitrogens with zero attached hydrogens (tertiary/aromatic N) is 1. The Morgan fingerprint density at radius 1 is 1.12 bits per heavy atom. The molecule has 2 aromatic rings. The van der Waals surface area contributed by atoms with Gasteiger partial charge in [0.05, 0.1) is 6.54 Å². The van der Waals surface area contributed by atoms with Crippen molar-refractivity contribution in [2.24, 2.45) is 0 Å². The van der Waals surface area contributed by atoms with E-state index < -0.39 is 6.16 Å². The van der Waals surface area contributed by atoms with Gasteiger partial charge >= 0.3 is 6.16 Å². The standard InChI is InChI=1S/C19H22ClNO3/c1-3-17(23-19(22)24-18-11-6-5-7-12-18)14-21(4-2)16-10-8-9-15(20)13-16/h5-13,17H,3-4,14H2,1-2H3. The highest BCUT2D eigenvalue weighted by atomic mass is 35.5. The van der Waals surface area contributed by atoms with Gasteiger partial charge in [0.1, 0.15) is 11.9 Å². The number of hydrogen-bond donors (Lipinski definition) is 0. The van der Waals surface area contributed by atoms with Crippen LogP contribution in [0.25, 0.3) is 0 Å². The molecule has 4 nitrogen and oxygen atoms in total. The molecule has 0 aliphatic heterocycles. The van der Waals surface area contributed by atoms with Crippen molar-refractivity contribution in [1.29, 1.82) is 0 Å². The maximum absolute atomic E-state index is 12.0. The number of ether oxygens (including phenoxy) is 2. The first-order chi connectivity index (χ1) is 11.6. The zero-order valence-electron chi connectivity index (χ0n) is 13.9. The second-order valence-electron chi connectivity index (χ2n) is 5.33. The molecule has 1 atom stereocenters. The van der Waals surface area contributed by atoms with Gasteiger partial charge in [0, 0.05) is 17.3 Å². The number of halogens is 1. The van der Waals surface area contributed by atoms with E-state index in [9.17, 15) is 4.79 Å². The largest absolute Gasteiger partial charge is 0.514 e. The van der Waals surface area contributed by atoms with Crippen molar-refractivity contribution in [3.63, 3.8) is 0 Å². The summed E-state index contributed by atoms with van der Waals surface area (Å²) < 4.78 is 10.6. The fourth-order valence-electron chi connectivity index (χ4n) is 2.33. The van der Waals surface area contributed by atoms with E-state index in [1.165, 1.54) is 0 Å². The maximum atomic E-state index is 12.0. The van der Waals surface area contributed by atoms with Gasteiger partial charge in [-0.25, -0.2) is 4.79 Å². The normalized spacial score (nSPS) is 11.6. The molecular weight excluding hydrogens is 326 g/mol. The molecule has 1 unspecified atom stereocenters. The van der Waals surface area contributed by atoms with Crippen molar-refractivity contribution in [1.82, 2.24) is 0 Å². The second kappa shape index (κ2) is 9.18. The van der Waals surface area contributed by atoms with Crippen LogP contribution >= 0.6 is 11.6 Å². The van der Waals surface area contributed by atoms with Crippen LogP contribution in [-0.2, 0) is 4.74 Å². The zero-order chi connectivity index (χ0) is 17.4. The smallest absolute Gasteiger partial charge is 0.429 e. The summed E-state index contributed by atoms with van der Waals surface area (Å²) >= 11 is 6.06. The minimum Gasteiger partial charge on any atom is -0.429 e.